The first-order chi connectivity index (χ1) is 13.6. The van der Waals surface area contributed by atoms with Crippen LogP contribution in [0.15, 0.2) is 72.1 Å². The fourth-order valence-electron chi connectivity index (χ4n) is 2.98. The standard InChI is InChI=1S/C23H24N2O2S/c1-3-17-11-13-18(14-12-17)16(2)24-23(27)21(19-8-5-4-6-9-19)25-22(26)20-10-7-15-28-20/h4-16,21H,3H2,1-2H3,(H,24,27)(H,25,26). The van der Waals surface area contributed by atoms with E-state index in [1.807, 2.05) is 60.8 Å². The van der Waals surface area contributed by atoms with Crippen LogP contribution in [0.3, 0.4) is 0 Å². The summed E-state index contributed by atoms with van der Waals surface area (Å²) in [6, 6.07) is 20.2. The Bertz CT molecular complexity index is 906. The van der Waals surface area contributed by atoms with Gasteiger partial charge < -0.3 is 10.6 Å². The van der Waals surface area contributed by atoms with Crippen LogP contribution >= 0.6 is 11.3 Å². The number of aryl methyl sites for hydroxylation is 1. The molecule has 5 heteroatoms. The van der Waals surface area contributed by atoms with Gasteiger partial charge in [0.25, 0.3) is 5.91 Å². The Labute approximate surface area is 169 Å². The minimum absolute atomic E-state index is 0.164. The van der Waals surface area contributed by atoms with E-state index in [-0.39, 0.29) is 17.9 Å². The summed E-state index contributed by atoms with van der Waals surface area (Å²) in [5.74, 6) is -0.484. The van der Waals surface area contributed by atoms with Gasteiger partial charge in [0.05, 0.1) is 10.9 Å². The highest BCUT2D eigenvalue weighted by molar-refractivity contribution is 7.12. The maximum absolute atomic E-state index is 13.0. The number of rotatable bonds is 7. The SMILES string of the molecule is CCc1ccc(C(C)NC(=O)C(NC(=O)c2cccs2)c2ccccc2)cc1. The van der Waals surface area contributed by atoms with E-state index in [9.17, 15) is 9.59 Å². The number of thiophene rings is 1. The summed E-state index contributed by atoms with van der Waals surface area (Å²) in [6.07, 6.45) is 0.978. The molecule has 28 heavy (non-hydrogen) atoms. The van der Waals surface area contributed by atoms with Gasteiger partial charge in [0.15, 0.2) is 0 Å². The van der Waals surface area contributed by atoms with Crippen molar-refractivity contribution in [2.45, 2.75) is 32.4 Å². The molecule has 0 fully saturated rings. The maximum atomic E-state index is 13.0. The van der Waals surface area contributed by atoms with Crippen LogP contribution < -0.4 is 10.6 Å². The molecule has 3 rings (SSSR count). The van der Waals surface area contributed by atoms with Gasteiger partial charge in [-0.3, -0.25) is 9.59 Å². The second-order valence-electron chi connectivity index (χ2n) is 6.62. The Morgan fingerprint density at radius 1 is 0.893 bits per heavy atom. The fourth-order valence-corrected chi connectivity index (χ4v) is 3.60. The number of hydrogen-bond acceptors (Lipinski definition) is 3. The molecule has 0 aliphatic heterocycles. The molecule has 0 aliphatic carbocycles. The monoisotopic (exact) mass is 392 g/mol. The number of carbonyl (C=O) groups excluding carboxylic acids is 2. The molecule has 3 aromatic rings. The second-order valence-corrected chi connectivity index (χ2v) is 7.57. The summed E-state index contributed by atoms with van der Waals surface area (Å²) < 4.78 is 0. The van der Waals surface area contributed by atoms with Crippen molar-refractivity contribution >= 4 is 23.2 Å². The number of carbonyl (C=O) groups is 2. The molecule has 2 aromatic carbocycles. The van der Waals surface area contributed by atoms with Crippen LogP contribution in [0.4, 0.5) is 0 Å². The summed E-state index contributed by atoms with van der Waals surface area (Å²) in [5.41, 5.74) is 3.04. The zero-order chi connectivity index (χ0) is 19.9. The van der Waals surface area contributed by atoms with E-state index in [2.05, 4.69) is 29.7 Å². The van der Waals surface area contributed by atoms with E-state index in [4.69, 9.17) is 0 Å². The summed E-state index contributed by atoms with van der Waals surface area (Å²) in [7, 11) is 0. The van der Waals surface area contributed by atoms with Crippen LogP contribution in [0.1, 0.15) is 52.3 Å². The predicted molar refractivity (Wildman–Crippen MR) is 113 cm³/mol. The lowest BCUT2D eigenvalue weighted by Gasteiger charge is -2.22. The zero-order valence-electron chi connectivity index (χ0n) is 16.0. The Hall–Kier alpha value is -2.92. The first-order valence-electron chi connectivity index (χ1n) is 9.37. The molecule has 0 saturated heterocycles. The van der Waals surface area contributed by atoms with Crippen molar-refractivity contribution in [1.82, 2.24) is 10.6 Å². The quantitative estimate of drug-likeness (QED) is 0.614. The van der Waals surface area contributed by atoms with Gasteiger partial charge in [-0.2, -0.15) is 0 Å². The van der Waals surface area contributed by atoms with Gasteiger partial charge in [-0.05, 0) is 41.5 Å². The Balaban J connectivity index is 1.76. The van der Waals surface area contributed by atoms with E-state index in [1.165, 1.54) is 16.9 Å². The predicted octanol–water partition coefficient (Wildman–Crippen LogP) is 4.66. The Morgan fingerprint density at radius 2 is 1.61 bits per heavy atom. The summed E-state index contributed by atoms with van der Waals surface area (Å²) in [6.45, 7) is 4.06. The van der Waals surface area contributed by atoms with Gasteiger partial charge in [0, 0.05) is 0 Å². The van der Waals surface area contributed by atoms with Crippen LogP contribution in [0, 0.1) is 0 Å². The molecule has 2 amide bonds. The third-order valence-electron chi connectivity index (χ3n) is 4.66. The second kappa shape index (κ2) is 9.33. The van der Waals surface area contributed by atoms with Gasteiger partial charge >= 0.3 is 0 Å². The van der Waals surface area contributed by atoms with E-state index < -0.39 is 6.04 Å². The molecular weight excluding hydrogens is 368 g/mol. The Kier molecular flexibility index (Phi) is 6.61. The van der Waals surface area contributed by atoms with Gasteiger partial charge in [0.1, 0.15) is 6.04 Å². The van der Waals surface area contributed by atoms with E-state index in [1.54, 1.807) is 6.07 Å². The molecule has 2 N–H and O–H groups in total. The molecule has 0 spiro atoms. The van der Waals surface area contributed by atoms with E-state index >= 15 is 0 Å². The average Bonchev–Trinajstić information content (AvgIpc) is 3.27. The van der Waals surface area contributed by atoms with Crippen LogP contribution in [0.25, 0.3) is 0 Å². The highest BCUT2D eigenvalue weighted by Gasteiger charge is 2.25. The molecule has 144 valence electrons. The van der Waals surface area contributed by atoms with E-state index in [0.717, 1.165) is 17.5 Å². The van der Waals surface area contributed by atoms with Gasteiger partial charge in [-0.1, -0.05) is 67.6 Å². The fraction of sp³-hybridized carbons (Fsp3) is 0.217. The molecular formula is C23H24N2O2S. The lowest BCUT2D eigenvalue weighted by atomic mass is 10.0. The first-order valence-corrected chi connectivity index (χ1v) is 10.2. The number of nitrogens with one attached hydrogen (secondary N) is 2. The molecule has 1 heterocycles. The largest absolute Gasteiger partial charge is 0.347 e. The van der Waals surface area contributed by atoms with Crippen LogP contribution in [0.2, 0.25) is 0 Å². The topological polar surface area (TPSA) is 58.2 Å². The third-order valence-corrected chi connectivity index (χ3v) is 5.53. The van der Waals surface area contributed by atoms with Crippen LogP contribution in [-0.2, 0) is 11.2 Å². The van der Waals surface area contributed by atoms with Crippen molar-refractivity contribution in [2.75, 3.05) is 0 Å². The van der Waals surface area contributed by atoms with E-state index in [0.29, 0.717) is 4.88 Å². The normalized spacial score (nSPS) is 12.8. The minimum atomic E-state index is -0.756. The molecule has 4 nitrogen and oxygen atoms in total. The summed E-state index contributed by atoms with van der Waals surface area (Å²) in [4.78, 5) is 26.2. The molecule has 1 aromatic heterocycles. The molecule has 2 atom stereocenters. The van der Waals surface area contributed by atoms with Crippen molar-refractivity contribution in [3.63, 3.8) is 0 Å². The molecule has 0 radical (unpaired) electrons. The van der Waals surface area contributed by atoms with Crippen molar-refractivity contribution in [1.29, 1.82) is 0 Å². The van der Waals surface area contributed by atoms with Crippen LogP contribution in [0.5, 0.6) is 0 Å². The third kappa shape index (κ3) is 4.87. The van der Waals surface area contributed by atoms with Gasteiger partial charge in [-0.25, -0.2) is 0 Å². The smallest absolute Gasteiger partial charge is 0.262 e. The van der Waals surface area contributed by atoms with Gasteiger partial charge in [-0.15, -0.1) is 11.3 Å². The van der Waals surface area contributed by atoms with Crippen molar-refractivity contribution in [3.05, 3.63) is 93.7 Å². The molecule has 0 saturated carbocycles. The first kappa shape index (κ1) is 19.8. The van der Waals surface area contributed by atoms with Gasteiger partial charge in [0.2, 0.25) is 5.91 Å². The zero-order valence-corrected chi connectivity index (χ0v) is 16.8. The summed E-state index contributed by atoms with van der Waals surface area (Å²) in [5, 5.41) is 7.74. The maximum Gasteiger partial charge on any atom is 0.262 e. The number of amides is 2. The average molecular weight is 393 g/mol. The van der Waals surface area contributed by atoms with Crippen molar-refractivity contribution in [3.8, 4) is 0 Å². The molecule has 0 aliphatic rings. The lowest BCUT2D eigenvalue weighted by Crippen LogP contribution is -2.41. The Morgan fingerprint density at radius 3 is 2.21 bits per heavy atom. The molecule has 0 bridgehead atoms. The van der Waals surface area contributed by atoms with Crippen molar-refractivity contribution < 1.29 is 9.59 Å². The minimum Gasteiger partial charge on any atom is -0.347 e. The van der Waals surface area contributed by atoms with Crippen molar-refractivity contribution in [2.24, 2.45) is 0 Å². The highest BCUT2D eigenvalue weighted by Crippen LogP contribution is 2.19. The lowest BCUT2D eigenvalue weighted by molar-refractivity contribution is -0.123. The number of benzene rings is 2. The van der Waals surface area contributed by atoms with Crippen LogP contribution in [-0.4, -0.2) is 11.8 Å². The number of hydrogen-bond donors (Lipinski definition) is 2. The summed E-state index contributed by atoms with van der Waals surface area (Å²) >= 11 is 1.35. The highest BCUT2D eigenvalue weighted by atomic mass is 32.1. The molecule has 2 unspecified atom stereocenters.